The van der Waals surface area contributed by atoms with Gasteiger partial charge >= 0.3 is 0 Å². The molecule has 4 heteroatoms. The number of carbonyl (C=O) groups excluding carboxylic acids is 1. The summed E-state index contributed by atoms with van der Waals surface area (Å²) in [5, 5.41) is 19.5. The zero-order valence-corrected chi connectivity index (χ0v) is 10.1. The highest BCUT2D eigenvalue weighted by Gasteiger charge is 2.31. The quantitative estimate of drug-likeness (QED) is 0.787. The van der Waals surface area contributed by atoms with Gasteiger partial charge in [-0.05, 0) is 12.5 Å². The predicted octanol–water partition coefficient (Wildman–Crippen LogP) is 2.48. The average molecular weight is 246 g/mol. The first-order valence-corrected chi connectivity index (χ1v) is 5.52. The summed E-state index contributed by atoms with van der Waals surface area (Å²) in [6.45, 7) is 8.86. The topological polar surface area (TPSA) is 66.8 Å². The van der Waals surface area contributed by atoms with Gasteiger partial charge in [0.05, 0.1) is 6.42 Å². The molecule has 2 rings (SSSR count). The lowest BCUT2D eigenvalue weighted by Gasteiger charge is -2.26. The van der Waals surface area contributed by atoms with E-state index in [9.17, 15) is 15.0 Å². The average Bonchev–Trinajstić information content (AvgIpc) is 2.34. The molecule has 0 radical (unpaired) electrons. The van der Waals surface area contributed by atoms with Crippen molar-refractivity contribution in [2.45, 2.75) is 19.4 Å². The third-order valence-corrected chi connectivity index (χ3v) is 3.09. The van der Waals surface area contributed by atoms with E-state index in [0.29, 0.717) is 5.57 Å². The van der Waals surface area contributed by atoms with Gasteiger partial charge in [-0.2, -0.15) is 0 Å². The molecular weight excluding hydrogens is 232 g/mol. The van der Waals surface area contributed by atoms with Crippen molar-refractivity contribution in [3.8, 4) is 17.2 Å². The maximum absolute atomic E-state index is 12.0. The Morgan fingerprint density at radius 1 is 1.56 bits per heavy atom. The zero-order valence-electron chi connectivity index (χ0n) is 10.1. The lowest BCUT2D eigenvalue weighted by molar-refractivity contribution is 0.0883. The third kappa shape index (κ3) is 1.76. The summed E-state index contributed by atoms with van der Waals surface area (Å²) >= 11 is 0. The van der Waals surface area contributed by atoms with Crippen molar-refractivity contribution in [3.05, 3.63) is 42.0 Å². The van der Waals surface area contributed by atoms with Gasteiger partial charge in [0, 0.05) is 11.6 Å². The molecule has 0 spiro atoms. The van der Waals surface area contributed by atoms with Gasteiger partial charge in [0.15, 0.2) is 5.78 Å². The summed E-state index contributed by atoms with van der Waals surface area (Å²) in [5.41, 5.74) is 0.985. The lowest BCUT2D eigenvalue weighted by atomic mass is 9.94. The zero-order chi connectivity index (χ0) is 13.4. The van der Waals surface area contributed by atoms with Crippen LogP contribution in [0.1, 0.15) is 22.3 Å². The summed E-state index contributed by atoms with van der Waals surface area (Å²) in [7, 11) is 0. The van der Waals surface area contributed by atoms with Crippen LogP contribution in [0.5, 0.6) is 17.2 Å². The fourth-order valence-electron chi connectivity index (χ4n) is 1.90. The molecule has 18 heavy (non-hydrogen) atoms. The van der Waals surface area contributed by atoms with Gasteiger partial charge in [-0.15, -0.1) is 0 Å². The second kappa shape index (κ2) is 4.22. The van der Waals surface area contributed by atoms with Crippen molar-refractivity contribution in [2.75, 3.05) is 0 Å². The second-order valence-corrected chi connectivity index (χ2v) is 4.26. The van der Waals surface area contributed by atoms with Gasteiger partial charge in [-0.1, -0.05) is 19.2 Å². The van der Waals surface area contributed by atoms with Gasteiger partial charge in [0.1, 0.15) is 28.9 Å². The van der Waals surface area contributed by atoms with E-state index in [1.54, 1.807) is 0 Å². The Hall–Kier alpha value is -2.23. The molecule has 0 aliphatic carbocycles. The molecule has 0 saturated heterocycles. The number of hydrogen-bond donors (Lipinski definition) is 2. The van der Waals surface area contributed by atoms with Crippen LogP contribution in [-0.2, 0) is 0 Å². The Kier molecular flexibility index (Phi) is 2.87. The number of ether oxygens (including phenoxy) is 1. The Bertz CT molecular complexity index is 557. The minimum atomic E-state index is -0.496. The summed E-state index contributed by atoms with van der Waals surface area (Å²) < 4.78 is 5.56. The monoisotopic (exact) mass is 246 g/mol. The van der Waals surface area contributed by atoms with Crippen molar-refractivity contribution in [3.63, 3.8) is 0 Å². The standard InChI is InChI=1S/C14H14O4/c1-4-7(2)11-6-10(16)13-12(18-11)5-9(15)8(3)14(13)17/h4-5,11,15,17H,1-2,6H2,3H3. The normalized spacial score (nSPS) is 17.8. The Labute approximate surface area is 105 Å². The van der Waals surface area contributed by atoms with Crippen LogP contribution in [0.3, 0.4) is 0 Å². The van der Waals surface area contributed by atoms with Gasteiger partial charge in [0.25, 0.3) is 0 Å². The predicted molar refractivity (Wildman–Crippen MR) is 67.2 cm³/mol. The molecule has 1 aliphatic rings. The Morgan fingerprint density at radius 2 is 2.22 bits per heavy atom. The van der Waals surface area contributed by atoms with Gasteiger partial charge in [-0.3, -0.25) is 4.79 Å². The molecule has 1 heterocycles. The summed E-state index contributed by atoms with van der Waals surface area (Å²) in [5.74, 6) is -0.383. The second-order valence-electron chi connectivity index (χ2n) is 4.26. The maximum Gasteiger partial charge on any atom is 0.174 e. The van der Waals surface area contributed by atoms with E-state index in [0.717, 1.165) is 0 Å². The summed E-state index contributed by atoms with van der Waals surface area (Å²) in [6, 6.07) is 1.34. The number of ketones is 1. The van der Waals surface area contributed by atoms with E-state index < -0.39 is 6.10 Å². The van der Waals surface area contributed by atoms with Crippen LogP contribution in [0, 0.1) is 6.92 Å². The van der Waals surface area contributed by atoms with Crippen molar-refractivity contribution in [2.24, 2.45) is 0 Å². The number of benzene rings is 1. The van der Waals surface area contributed by atoms with E-state index in [4.69, 9.17) is 4.74 Å². The number of rotatable bonds is 2. The Balaban J connectivity index is 2.52. The van der Waals surface area contributed by atoms with Crippen LogP contribution >= 0.6 is 0 Å². The number of phenols is 2. The number of aromatic hydroxyl groups is 2. The molecular formula is C14H14O4. The Morgan fingerprint density at radius 3 is 2.83 bits per heavy atom. The number of hydrogen-bond acceptors (Lipinski definition) is 4. The molecule has 1 aromatic rings. The molecule has 2 N–H and O–H groups in total. The largest absolute Gasteiger partial charge is 0.507 e. The number of fused-ring (bicyclic) bond motifs is 1. The SMILES string of the molecule is C=CC(=C)C1CC(=O)c2c(cc(O)c(C)c2O)O1. The molecule has 1 atom stereocenters. The minimum Gasteiger partial charge on any atom is -0.507 e. The molecule has 0 saturated carbocycles. The third-order valence-electron chi connectivity index (χ3n) is 3.09. The van der Waals surface area contributed by atoms with Crippen molar-refractivity contribution < 1.29 is 19.7 Å². The van der Waals surface area contributed by atoms with E-state index in [1.807, 2.05) is 0 Å². The van der Waals surface area contributed by atoms with E-state index in [-0.39, 0.29) is 40.6 Å². The highest BCUT2D eigenvalue weighted by Crippen LogP contribution is 2.41. The van der Waals surface area contributed by atoms with Crippen molar-refractivity contribution >= 4 is 5.78 Å². The maximum atomic E-state index is 12.0. The number of carbonyl (C=O) groups is 1. The van der Waals surface area contributed by atoms with E-state index in [1.165, 1.54) is 19.1 Å². The number of phenolic OH excluding ortho intramolecular Hbond substituents is 2. The van der Waals surface area contributed by atoms with Crippen LogP contribution < -0.4 is 4.74 Å². The number of Topliss-reactive ketones (excluding diaryl/α,β-unsaturated/α-hetero) is 1. The molecule has 1 unspecified atom stereocenters. The van der Waals surface area contributed by atoms with Crippen molar-refractivity contribution in [1.29, 1.82) is 0 Å². The van der Waals surface area contributed by atoms with E-state index in [2.05, 4.69) is 13.2 Å². The molecule has 94 valence electrons. The summed E-state index contributed by atoms with van der Waals surface area (Å²) in [4.78, 5) is 12.0. The lowest BCUT2D eigenvalue weighted by Crippen LogP contribution is -2.28. The molecule has 1 aromatic carbocycles. The highest BCUT2D eigenvalue weighted by molar-refractivity contribution is 6.03. The van der Waals surface area contributed by atoms with Crippen LogP contribution in [0.4, 0.5) is 0 Å². The van der Waals surface area contributed by atoms with Gasteiger partial charge in [-0.25, -0.2) is 0 Å². The molecule has 4 nitrogen and oxygen atoms in total. The summed E-state index contributed by atoms with van der Waals surface area (Å²) in [6.07, 6.45) is 1.14. The van der Waals surface area contributed by atoms with Crippen LogP contribution in [0.25, 0.3) is 0 Å². The van der Waals surface area contributed by atoms with Crippen LogP contribution in [0.15, 0.2) is 30.9 Å². The molecule has 0 fully saturated rings. The first kappa shape index (κ1) is 12.2. The van der Waals surface area contributed by atoms with Crippen LogP contribution in [0.2, 0.25) is 0 Å². The van der Waals surface area contributed by atoms with Gasteiger partial charge in [0.2, 0.25) is 0 Å². The first-order valence-electron chi connectivity index (χ1n) is 5.52. The smallest absolute Gasteiger partial charge is 0.174 e. The fourth-order valence-corrected chi connectivity index (χ4v) is 1.90. The first-order chi connectivity index (χ1) is 8.45. The van der Waals surface area contributed by atoms with E-state index >= 15 is 0 Å². The molecule has 1 aliphatic heterocycles. The molecule has 0 amide bonds. The highest BCUT2D eigenvalue weighted by atomic mass is 16.5. The molecule has 0 aromatic heterocycles. The minimum absolute atomic E-state index is 0.107. The molecule has 0 bridgehead atoms. The van der Waals surface area contributed by atoms with Crippen LogP contribution in [-0.4, -0.2) is 22.1 Å². The fraction of sp³-hybridized carbons (Fsp3) is 0.214. The van der Waals surface area contributed by atoms with Gasteiger partial charge < -0.3 is 14.9 Å². The van der Waals surface area contributed by atoms with Crippen molar-refractivity contribution in [1.82, 2.24) is 0 Å².